The van der Waals surface area contributed by atoms with Crippen molar-refractivity contribution in [3.8, 4) is 0 Å². The standard InChI is InChI=1S/C7H17O4P.Na/c1-5-9-7(3,10-6-2)11-12-8-4;/h12H,5-6H2,1-4H3;. The zero-order valence-electron chi connectivity index (χ0n) is 9.05. The summed E-state index contributed by atoms with van der Waals surface area (Å²) in [6, 6.07) is 0. The van der Waals surface area contributed by atoms with Gasteiger partial charge < -0.3 is 14.0 Å². The first kappa shape index (κ1) is 16.7. The Balaban J connectivity index is 0. The van der Waals surface area contributed by atoms with Crippen LogP contribution in [-0.2, 0) is 18.5 Å². The Labute approximate surface area is 104 Å². The van der Waals surface area contributed by atoms with E-state index in [1.807, 2.05) is 13.8 Å². The Hall–Kier alpha value is 1.27. The molecule has 6 heteroatoms. The molecule has 0 aromatic rings. The molecule has 0 rings (SSSR count). The third-order valence-electron chi connectivity index (χ3n) is 1.12. The second-order valence-electron chi connectivity index (χ2n) is 2.12. The normalized spacial score (nSPS) is 12.0. The van der Waals surface area contributed by atoms with Crippen LogP contribution in [0, 0.1) is 0 Å². The van der Waals surface area contributed by atoms with Gasteiger partial charge in [0.2, 0.25) is 0 Å². The van der Waals surface area contributed by atoms with Crippen molar-refractivity contribution >= 4 is 38.6 Å². The molecule has 1 unspecified atom stereocenters. The summed E-state index contributed by atoms with van der Waals surface area (Å²) in [5.41, 5.74) is 0. The van der Waals surface area contributed by atoms with Crippen molar-refractivity contribution in [2.75, 3.05) is 20.3 Å². The SMILES string of the molecule is CCOC(C)(OCC)OPOC.[Na]. The Morgan fingerprint density at radius 1 is 1.15 bits per heavy atom. The van der Waals surface area contributed by atoms with E-state index in [1.54, 1.807) is 14.0 Å². The van der Waals surface area contributed by atoms with E-state index in [0.717, 1.165) is 0 Å². The summed E-state index contributed by atoms with van der Waals surface area (Å²) >= 11 is 0. The maximum absolute atomic E-state index is 5.25. The van der Waals surface area contributed by atoms with Crippen molar-refractivity contribution in [3.63, 3.8) is 0 Å². The van der Waals surface area contributed by atoms with Gasteiger partial charge in [0.15, 0.2) is 9.03 Å². The molecule has 0 aliphatic carbocycles. The van der Waals surface area contributed by atoms with Crippen molar-refractivity contribution in [1.82, 2.24) is 0 Å². The molecule has 1 radical (unpaired) electrons. The molecule has 0 aliphatic rings. The predicted molar refractivity (Wildman–Crippen MR) is 53.8 cm³/mol. The van der Waals surface area contributed by atoms with Crippen molar-refractivity contribution < 1.29 is 18.5 Å². The van der Waals surface area contributed by atoms with Gasteiger partial charge >= 0.3 is 0 Å². The third-order valence-corrected chi connectivity index (χ3v) is 1.74. The van der Waals surface area contributed by atoms with E-state index >= 15 is 0 Å². The zero-order valence-corrected chi connectivity index (χ0v) is 12.0. The predicted octanol–water partition coefficient (Wildman–Crippen LogP) is 1.52. The summed E-state index contributed by atoms with van der Waals surface area (Å²) in [6.45, 7) is 6.59. The average molecular weight is 219 g/mol. The van der Waals surface area contributed by atoms with Gasteiger partial charge in [0.1, 0.15) is 0 Å². The molecule has 75 valence electrons. The number of ether oxygens (including phenoxy) is 2. The van der Waals surface area contributed by atoms with Crippen molar-refractivity contribution in [3.05, 3.63) is 0 Å². The second-order valence-corrected chi connectivity index (χ2v) is 2.90. The van der Waals surface area contributed by atoms with Crippen molar-refractivity contribution in [1.29, 1.82) is 0 Å². The molecule has 0 amide bonds. The Morgan fingerprint density at radius 2 is 1.62 bits per heavy atom. The molecule has 0 aliphatic heterocycles. The van der Waals surface area contributed by atoms with E-state index in [4.69, 9.17) is 18.5 Å². The summed E-state index contributed by atoms with van der Waals surface area (Å²) in [5.74, 6) is -0.960. The van der Waals surface area contributed by atoms with Crippen molar-refractivity contribution in [2.24, 2.45) is 0 Å². The molecule has 0 spiro atoms. The Kier molecular flexibility index (Phi) is 12.6. The summed E-state index contributed by atoms with van der Waals surface area (Å²) in [5, 5.41) is 0. The van der Waals surface area contributed by atoms with Crippen LogP contribution in [0.25, 0.3) is 0 Å². The van der Waals surface area contributed by atoms with Crippen LogP contribution in [0.5, 0.6) is 0 Å². The van der Waals surface area contributed by atoms with Gasteiger partial charge in [-0.2, -0.15) is 0 Å². The van der Waals surface area contributed by atoms with Crippen LogP contribution >= 0.6 is 9.03 Å². The first-order chi connectivity index (χ1) is 5.68. The topological polar surface area (TPSA) is 36.9 Å². The first-order valence-electron chi connectivity index (χ1n) is 3.92. The molecular weight excluding hydrogens is 202 g/mol. The van der Waals surface area contributed by atoms with Crippen molar-refractivity contribution in [2.45, 2.75) is 26.7 Å². The molecule has 0 aromatic heterocycles. The van der Waals surface area contributed by atoms with Gasteiger partial charge in [-0.15, -0.1) is 0 Å². The minimum Gasteiger partial charge on any atom is -0.340 e. The molecule has 13 heavy (non-hydrogen) atoms. The van der Waals surface area contributed by atoms with E-state index in [1.165, 1.54) is 0 Å². The van der Waals surface area contributed by atoms with E-state index < -0.39 is 5.97 Å². The number of hydrogen-bond donors (Lipinski definition) is 0. The molecule has 0 aromatic carbocycles. The van der Waals surface area contributed by atoms with Gasteiger partial charge in [-0.1, -0.05) is 0 Å². The molecular formula is C7H17NaO4P. The quantitative estimate of drug-likeness (QED) is 0.369. The minimum atomic E-state index is -0.960. The summed E-state index contributed by atoms with van der Waals surface area (Å²) in [7, 11) is 1.50. The van der Waals surface area contributed by atoms with Crippen LogP contribution in [0.4, 0.5) is 0 Å². The van der Waals surface area contributed by atoms with Gasteiger partial charge in [0, 0.05) is 56.8 Å². The summed E-state index contributed by atoms with van der Waals surface area (Å²) in [6.07, 6.45) is 0. The smallest absolute Gasteiger partial charge is 0.284 e. The molecule has 0 bridgehead atoms. The molecule has 0 heterocycles. The first-order valence-corrected chi connectivity index (χ1v) is 4.74. The molecule has 0 saturated heterocycles. The van der Waals surface area contributed by atoms with E-state index in [0.29, 0.717) is 13.2 Å². The Morgan fingerprint density at radius 3 is 1.92 bits per heavy atom. The molecule has 0 saturated carbocycles. The van der Waals surface area contributed by atoms with Crippen LogP contribution in [-0.4, -0.2) is 55.9 Å². The largest absolute Gasteiger partial charge is 0.340 e. The third kappa shape index (κ3) is 8.28. The van der Waals surface area contributed by atoms with Gasteiger partial charge in [-0.05, 0) is 13.8 Å². The molecule has 4 nitrogen and oxygen atoms in total. The van der Waals surface area contributed by atoms with Crippen LogP contribution in [0.2, 0.25) is 0 Å². The Bertz CT molecular complexity index is 109. The number of hydrogen-bond acceptors (Lipinski definition) is 4. The fraction of sp³-hybridized carbons (Fsp3) is 1.00. The number of rotatable bonds is 7. The van der Waals surface area contributed by atoms with Crippen LogP contribution in [0.1, 0.15) is 20.8 Å². The van der Waals surface area contributed by atoms with Crippen LogP contribution < -0.4 is 0 Å². The second kappa shape index (κ2) is 9.81. The van der Waals surface area contributed by atoms with E-state index in [9.17, 15) is 0 Å². The maximum Gasteiger partial charge on any atom is 0.284 e. The molecule has 1 atom stereocenters. The fourth-order valence-electron chi connectivity index (χ4n) is 0.742. The van der Waals surface area contributed by atoms with E-state index in [-0.39, 0.29) is 38.6 Å². The molecule has 0 fully saturated rings. The average Bonchev–Trinajstić information content (AvgIpc) is 2.02. The summed E-state index contributed by atoms with van der Waals surface area (Å²) in [4.78, 5) is 0. The molecule has 0 N–H and O–H groups in total. The summed E-state index contributed by atoms with van der Waals surface area (Å²) < 4.78 is 20.5. The van der Waals surface area contributed by atoms with Crippen LogP contribution in [0.15, 0.2) is 0 Å². The van der Waals surface area contributed by atoms with Crippen LogP contribution in [0.3, 0.4) is 0 Å². The zero-order chi connectivity index (χ0) is 9.45. The monoisotopic (exact) mass is 219 g/mol. The van der Waals surface area contributed by atoms with Gasteiger partial charge in [0.05, 0.1) is 0 Å². The minimum absolute atomic E-state index is 0. The van der Waals surface area contributed by atoms with Gasteiger partial charge in [0.25, 0.3) is 5.97 Å². The van der Waals surface area contributed by atoms with Gasteiger partial charge in [-0.25, -0.2) is 0 Å². The van der Waals surface area contributed by atoms with Gasteiger partial charge in [-0.3, -0.25) is 4.52 Å². The van der Waals surface area contributed by atoms with E-state index in [2.05, 4.69) is 0 Å². The fourth-order valence-corrected chi connectivity index (χ4v) is 1.09. The maximum atomic E-state index is 5.25.